The zero-order valence-electron chi connectivity index (χ0n) is 12.5. The molecule has 0 saturated heterocycles. The van der Waals surface area contributed by atoms with Crippen molar-refractivity contribution in [1.82, 2.24) is 4.90 Å². The first kappa shape index (κ1) is 15.9. The van der Waals surface area contributed by atoms with Crippen LogP contribution >= 0.6 is 0 Å². The average molecular weight is 293 g/mol. The van der Waals surface area contributed by atoms with E-state index in [4.69, 9.17) is 0 Å². The molecule has 21 heavy (non-hydrogen) atoms. The van der Waals surface area contributed by atoms with Gasteiger partial charge in [-0.2, -0.15) is 0 Å². The summed E-state index contributed by atoms with van der Waals surface area (Å²) in [6.45, 7) is 3.96. The van der Waals surface area contributed by atoms with Gasteiger partial charge in [0.2, 0.25) is 0 Å². The number of nitrogens with zero attached hydrogens (tertiary/aromatic N) is 1. The van der Waals surface area contributed by atoms with Crippen LogP contribution in [0.2, 0.25) is 0 Å². The van der Waals surface area contributed by atoms with Gasteiger partial charge in [-0.1, -0.05) is 24.3 Å². The molecule has 0 saturated carbocycles. The van der Waals surface area contributed by atoms with Gasteiger partial charge in [0.05, 0.1) is 18.1 Å². The summed E-state index contributed by atoms with van der Waals surface area (Å²) in [6, 6.07) is 7.70. The highest BCUT2D eigenvalue weighted by Gasteiger charge is 2.37. The molecule has 0 aromatic heterocycles. The third-order valence-corrected chi connectivity index (χ3v) is 4.20. The molecule has 1 aliphatic rings. The van der Waals surface area contributed by atoms with E-state index in [1.165, 1.54) is 0 Å². The summed E-state index contributed by atoms with van der Waals surface area (Å²) < 4.78 is 0. The molecule has 3 N–H and O–H groups in total. The number of fused-ring (bicyclic) bond motifs is 1. The standard InChI is InChI=1S/C16H23NO4/c1-16(2,15(20)21)10-17-8-12-6-4-3-5-11(12)7-13(17)14(19)9-18/h3-6,13-14,18-19H,7-10H2,1-2H3,(H,20,21)/t13-,14-/m0/s1. The number of benzene rings is 1. The molecule has 1 heterocycles. The van der Waals surface area contributed by atoms with Crippen LogP contribution in [-0.2, 0) is 17.8 Å². The number of rotatable bonds is 5. The van der Waals surface area contributed by atoms with Crippen molar-refractivity contribution in [2.75, 3.05) is 13.2 Å². The van der Waals surface area contributed by atoms with E-state index in [9.17, 15) is 20.1 Å². The van der Waals surface area contributed by atoms with Gasteiger partial charge < -0.3 is 15.3 Å². The predicted octanol–water partition coefficient (Wildman–Crippen LogP) is 0.877. The Morgan fingerprint density at radius 3 is 2.57 bits per heavy atom. The average Bonchev–Trinajstić information content (AvgIpc) is 2.45. The number of aliphatic carboxylic acids is 1. The Labute approximate surface area is 124 Å². The predicted molar refractivity (Wildman–Crippen MR) is 78.9 cm³/mol. The van der Waals surface area contributed by atoms with Crippen LogP contribution in [-0.4, -0.2) is 51.5 Å². The van der Waals surface area contributed by atoms with Crippen LogP contribution in [0.25, 0.3) is 0 Å². The summed E-state index contributed by atoms with van der Waals surface area (Å²) in [5.41, 5.74) is 1.40. The third kappa shape index (κ3) is 3.43. The zero-order chi connectivity index (χ0) is 15.6. The second kappa shape index (κ2) is 6.13. The number of carbonyl (C=O) groups is 1. The van der Waals surface area contributed by atoms with Crippen LogP contribution in [0.15, 0.2) is 24.3 Å². The van der Waals surface area contributed by atoms with Crippen molar-refractivity contribution in [2.24, 2.45) is 5.41 Å². The Morgan fingerprint density at radius 2 is 2.00 bits per heavy atom. The molecule has 0 spiro atoms. The minimum Gasteiger partial charge on any atom is -0.481 e. The van der Waals surface area contributed by atoms with Crippen molar-refractivity contribution in [1.29, 1.82) is 0 Å². The quantitative estimate of drug-likeness (QED) is 0.751. The number of hydrogen-bond donors (Lipinski definition) is 3. The van der Waals surface area contributed by atoms with Gasteiger partial charge >= 0.3 is 5.97 Å². The summed E-state index contributed by atoms with van der Waals surface area (Å²) in [7, 11) is 0. The van der Waals surface area contributed by atoms with Gasteiger partial charge in [0.25, 0.3) is 0 Å². The molecule has 5 heteroatoms. The molecular weight excluding hydrogens is 270 g/mol. The molecular formula is C16H23NO4. The second-order valence-corrected chi connectivity index (χ2v) is 6.38. The van der Waals surface area contributed by atoms with Gasteiger partial charge in [0.1, 0.15) is 0 Å². The fourth-order valence-electron chi connectivity index (χ4n) is 2.85. The lowest BCUT2D eigenvalue weighted by Crippen LogP contribution is -2.52. The third-order valence-electron chi connectivity index (χ3n) is 4.20. The molecule has 0 bridgehead atoms. The number of aliphatic hydroxyl groups is 2. The van der Waals surface area contributed by atoms with Crippen LogP contribution < -0.4 is 0 Å². The molecule has 0 fully saturated rings. The lowest BCUT2D eigenvalue weighted by Gasteiger charge is -2.41. The molecule has 2 atom stereocenters. The Hall–Kier alpha value is -1.43. The van der Waals surface area contributed by atoms with Gasteiger partial charge in [-0.25, -0.2) is 0 Å². The fourth-order valence-corrected chi connectivity index (χ4v) is 2.85. The highest BCUT2D eigenvalue weighted by atomic mass is 16.4. The number of carboxylic acid groups (broad SMARTS) is 1. The van der Waals surface area contributed by atoms with E-state index in [0.717, 1.165) is 11.1 Å². The molecule has 0 aliphatic carbocycles. The van der Waals surface area contributed by atoms with Crippen molar-refractivity contribution in [3.05, 3.63) is 35.4 Å². The molecule has 1 aromatic carbocycles. The topological polar surface area (TPSA) is 81.0 Å². The summed E-state index contributed by atoms with van der Waals surface area (Å²) in [6.07, 6.45) is -0.254. The van der Waals surface area contributed by atoms with Crippen LogP contribution in [0, 0.1) is 5.41 Å². The van der Waals surface area contributed by atoms with E-state index < -0.39 is 17.5 Å². The Bertz CT molecular complexity index is 515. The minimum atomic E-state index is -0.903. The normalized spacial score (nSPS) is 20.9. The molecule has 1 aromatic rings. The van der Waals surface area contributed by atoms with Gasteiger partial charge in [-0.05, 0) is 31.4 Å². The first-order valence-corrected chi connectivity index (χ1v) is 7.18. The summed E-state index contributed by atoms with van der Waals surface area (Å²) >= 11 is 0. The summed E-state index contributed by atoms with van der Waals surface area (Å²) in [5.74, 6) is -0.862. The molecule has 0 radical (unpaired) electrons. The second-order valence-electron chi connectivity index (χ2n) is 6.38. The first-order chi connectivity index (χ1) is 9.85. The Morgan fingerprint density at radius 1 is 1.38 bits per heavy atom. The molecule has 2 rings (SSSR count). The highest BCUT2D eigenvalue weighted by Crippen LogP contribution is 2.28. The smallest absolute Gasteiger partial charge is 0.310 e. The maximum atomic E-state index is 11.3. The number of hydrogen-bond acceptors (Lipinski definition) is 4. The van der Waals surface area contributed by atoms with Gasteiger partial charge in [-0.15, -0.1) is 0 Å². The number of carboxylic acids is 1. The van der Waals surface area contributed by atoms with E-state index in [-0.39, 0.29) is 12.6 Å². The lowest BCUT2D eigenvalue weighted by atomic mass is 9.87. The SMILES string of the molecule is CC(C)(CN1Cc2ccccc2C[C@H]1[C@@H](O)CO)C(=O)O. The van der Waals surface area contributed by atoms with Crippen LogP contribution in [0.4, 0.5) is 0 Å². The largest absolute Gasteiger partial charge is 0.481 e. The summed E-state index contributed by atoms with van der Waals surface area (Å²) in [4.78, 5) is 13.3. The van der Waals surface area contributed by atoms with E-state index >= 15 is 0 Å². The van der Waals surface area contributed by atoms with E-state index in [1.54, 1.807) is 13.8 Å². The Balaban J connectivity index is 2.26. The summed E-state index contributed by atoms with van der Waals surface area (Å²) in [5, 5.41) is 28.7. The molecule has 116 valence electrons. The van der Waals surface area contributed by atoms with Crippen molar-refractivity contribution in [3.8, 4) is 0 Å². The minimum absolute atomic E-state index is 0.261. The first-order valence-electron chi connectivity index (χ1n) is 7.18. The maximum Gasteiger partial charge on any atom is 0.310 e. The van der Waals surface area contributed by atoms with Crippen LogP contribution in [0.3, 0.4) is 0 Å². The molecule has 0 unspecified atom stereocenters. The molecule has 5 nitrogen and oxygen atoms in total. The van der Waals surface area contributed by atoms with Crippen molar-refractivity contribution < 1.29 is 20.1 Å². The van der Waals surface area contributed by atoms with Crippen molar-refractivity contribution in [3.63, 3.8) is 0 Å². The van der Waals surface area contributed by atoms with E-state index in [1.807, 2.05) is 29.2 Å². The van der Waals surface area contributed by atoms with Gasteiger partial charge in [0, 0.05) is 19.1 Å². The van der Waals surface area contributed by atoms with Crippen LogP contribution in [0.1, 0.15) is 25.0 Å². The monoisotopic (exact) mass is 293 g/mol. The zero-order valence-corrected chi connectivity index (χ0v) is 12.5. The molecule has 1 aliphatic heterocycles. The Kier molecular flexibility index (Phi) is 4.66. The van der Waals surface area contributed by atoms with Crippen molar-refractivity contribution in [2.45, 2.75) is 39.0 Å². The number of aliphatic hydroxyl groups excluding tert-OH is 2. The van der Waals surface area contributed by atoms with Gasteiger partial charge in [-0.3, -0.25) is 9.69 Å². The van der Waals surface area contributed by atoms with E-state index in [2.05, 4.69) is 0 Å². The van der Waals surface area contributed by atoms with Crippen LogP contribution in [0.5, 0.6) is 0 Å². The van der Waals surface area contributed by atoms with Crippen molar-refractivity contribution >= 4 is 5.97 Å². The molecule has 0 amide bonds. The fraction of sp³-hybridized carbons (Fsp3) is 0.562. The lowest BCUT2D eigenvalue weighted by molar-refractivity contribution is -0.149. The highest BCUT2D eigenvalue weighted by molar-refractivity contribution is 5.73. The van der Waals surface area contributed by atoms with E-state index in [0.29, 0.717) is 19.5 Å². The maximum absolute atomic E-state index is 11.3. The van der Waals surface area contributed by atoms with Gasteiger partial charge in [0.15, 0.2) is 0 Å².